The predicted molar refractivity (Wildman–Crippen MR) is 52.0 cm³/mol. The first-order valence-electron chi connectivity index (χ1n) is 4.24. The molecule has 4 heteroatoms. The van der Waals surface area contributed by atoms with Gasteiger partial charge in [0.05, 0.1) is 12.7 Å². The van der Waals surface area contributed by atoms with Gasteiger partial charge in [0.25, 0.3) is 0 Å². The number of carboxylic acids is 1. The molecule has 4 nitrogen and oxygen atoms in total. The van der Waals surface area contributed by atoms with Crippen LogP contribution in [0.2, 0.25) is 0 Å². The van der Waals surface area contributed by atoms with Gasteiger partial charge in [-0.05, 0) is 24.1 Å². The maximum absolute atomic E-state index is 10.8. The lowest BCUT2D eigenvalue weighted by Crippen LogP contribution is -2.11. The third-order valence-corrected chi connectivity index (χ3v) is 1.95. The lowest BCUT2D eigenvalue weighted by atomic mass is 10.1. The van der Waals surface area contributed by atoms with Crippen LogP contribution < -0.4 is 5.48 Å². The Labute approximate surface area is 82.5 Å². The zero-order valence-corrected chi connectivity index (χ0v) is 8.20. The molecule has 0 atom stereocenters. The zero-order chi connectivity index (χ0) is 10.6. The molecular formula is C10H13NO3. The summed E-state index contributed by atoms with van der Waals surface area (Å²) in [6, 6.07) is 5.30. The summed E-state index contributed by atoms with van der Waals surface area (Å²) < 4.78 is 0. The number of carbonyl (C=O) groups is 1. The van der Waals surface area contributed by atoms with Crippen LogP contribution in [0.4, 0.5) is 0 Å². The van der Waals surface area contributed by atoms with Gasteiger partial charge in [0, 0.05) is 6.54 Å². The number of aromatic carboxylic acids is 1. The second-order valence-corrected chi connectivity index (χ2v) is 2.98. The van der Waals surface area contributed by atoms with E-state index in [1.807, 2.05) is 6.07 Å². The molecule has 1 rings (SSSR count). The molecule has 0 unspecified atom stereocenters. The first kappa shape index (κ1) is 10.7. The standard InChI is InChI=1S/C10H13NO3/c1-7-3-4-8(6-11-14-2)5-9(7)10(12)13/h3-5,11H,6H2,1-2H3,(H,12,13). The Kier molecular flexibility index (Phi) is 3.62. The fraction of sp³-hybridized carbons (Fsp3) is 0.300. The Morgan fingerprint density at radius 1 is 1.57 bits per heavy atom. The highest BCUT2D eigenvalue weighted by Gasteiger charge is 2.07. The molecule has 0 bridgehead atoms. The van der Waals surface area contributed by atoms with Crippen LogP contribution in [0.15, 0.2) is 18.2 Å². The van der Waals surface area contributed by atoms with E-state index in [1.165, 1.54) is 7.11 Å². The number of rotatable bonds is 4. The molecule has 0 aromatic heterocycles. The van der Waals surface area contributed by atoms with Gasteiger partial charge in [-0.2, -0.15) is 5.48 Å². The van der Waals surface area contributed by atoms with Gasteiger partial charge < -0.3 is 9.94 Å². The van der Waals surface area contributed by atoms with Crippen LogP contribution in [0, 0.1) is 6.92 Å². The second-order valence-electron chi connectivity index (χ2n) is 2.98. The van der Waals surface area contributed by atoms with E-state index in [0.717, 1.165) is 11.1 Å². The molecule has 2 N–H and O–H groups in total. The second kappa shape index (κ2) is 4.74. The van der Waals surface area contributed by atoms with Crippen molar-refractivity contribution in [1.82, 2.24) is 5.48 Å². The Morgan fingerprint density at radius 3 is 2.86 bits per heavy atom. The monoisotopic (exact) mass is 195 g/mol. The highest BCUT2D eigenvalue weighted by Crippen LogP contribution is 2.11. The van der Waals surface area contributed by atoms with Crippen molar-refractivity contribution in [3.05, 3.63) is 34.9 Å². The summed E-state index contributed by atoms with van der Waals surface area (Å²) in [7, 11) is 1.52. The van der Waals surface area contributed by atoms with E-state index in [2.05, 4.69) is 10.3 Å². The van der Waals surface area contributed by atoms with E-state index >= 15 is 0 Å². The summed E-state index contributed by atoms with van der Waals surface area (Å²) in [5.41, 5.74) is 4.64. The number of nitrogens with one attached hydrogen (secondary N) is 1. The minimum Gasteiger partial charge on any atom is -0.478 e. The maximum atomic E-state index is 10.8. The Bertz CT molecular complexity index is 336. The summed E-state index contributed by atoms with van der Waals surface area (Å²) in [6.45, 7) is 2.27. The molecule has 0 fully saturated rings. The van der Waals surface area contributed by atoms with Gasteiger partial charge in [0.2, 0.25) is 0 Å². The number of hydrogen-bond donors (Lipinski definition) is 2. The molecule has 0 saturated heterocycles. The van der Waals surface area contributed by atoms with Crippen molar-refractivity contribution < 1.29 is 14.7 Å². The fourth-order valence-electron chi connectivity index (χ4n) is 1.17. The molecule has 0 amide bonds. The van der Waals surface area contributed by atoms with Crippen LogP contribution >= 0.6 is 0 Å². The van der Waals surface area contributed by atoms with Crippen LogP contribution in [-0.4, -0.2) is 18.2 Å². The van der Waals surface area contributed by atoms with Crippen molar-refractivity contribution in [3.63, 3.8) is 0 Å². The number of benzene rings is 1. The number of hydrogen-bond acceptors (Lipinski definition) is 3. The van der Waals surface area contributed by atoms with Crippen molar-refractivity contribution in [3.8, 4) is 0 Å². The highest BCUT2D eigenvalue weighted by molar-refractivity contribution is 5.89. The van der Waals surface area contributed by atoms with Crippen molar-refractivity contribution in [2.24, 2.45) is 0 Å². The predicted octanol–water partition coefficient (Wildman–Crippen LogP) is 1.34. The molecule has 0 aliphatic rings. The molecule has 0 aliphatic carbocycles. The molecule has 1 aromatic carbocycles. The van der Waals surface area contributed by atoms with Gasteiger partial charge in [-0.1, -0.05) is 12.1 Å². The van der Waals surface area contributed by atoms with E-state index in [9.17, 15) is 4.79 Å². The minimum absolute atomic E-state index is 0.334. The molecular weight excluding hydrogens is 182 g/mol. The molecule has 0 saturated carbocycles. The summed E-state index contributed by atoms with van der Waals surface area (Å²) >= 11 is 0. The van der Waals surface area contributed by atoms with Gasteiger partial charge >= 0.3 is 5.97 Å². The van der Waals surface area contributed by atoms with Gasteiger partial charge in [-0.3, -0.25) is 0 Å². The van der Waals surface area contributed by atoms with Gasteiger partial charge in [-0.25, -0.2) is 4.79 Å². The summed E-state index contributed by atoms with van der Waals surface area (Å²) in [4.78, 5) is 15.5. The van der Waals surface area contributed by atoms with Crippen LogP contribution in [-0.2, 0) is 11.4 Å². The summed E-state index contributed by atoms with van der Waals surface area (Å²) in [5, 5.41) is 8.86. The largest absolute Gasteiger partial charge is 0.478 e. The smallest absolute Gasteiger partial charge is 0.335 e. The Morgan fingerprint density at radius 2 is 2.29 bits per heavy atom. The number of aryl methyl sites for hydroxylation is 1. The lowest BCUT2D eigenvalue weighted by molar-refractivity contribution is 0.0695. The van der Waals surface area contributed by atoms with E-state index < -0.39 is 5.97 Å². The molecule has 0 aliphatic heterocycles. The highest BCUT2D eigenvalue weighted by atomic mass is 16.6. The van der Waals surface area contributed by atoms with Crippen LogP contribution in [0.1, 0.15) is 21.5 Å². The van der Waals surface area contributed by atoms with E-state index in [4.69, 9.17) is 5.11 Å². The van der Waals surface area contributed by atoms with Crippen LogP contribution in [0.3, 0.4) is 0 Å². The van der Waals surface area contributed by atoms with Crippen molar-refractivity contribution in [1.29, 1.82) is 0 Å². The van der Waals surface area contributed by atoms with Crippen LogP contribution in [0.25, 0.3) is 0 Å². The maximum Gasteiger partial charge on any atom is 0.335 e. The van der Waals surface area contributed by atoms with Crippen molar-refractivity contribution in [2.45, 2.75) is 13.5 Å². The minimum atomic E-state index is -0.901. The average Bonchev–Trinajstić information content (AvgIpc) is 2.16. The Balaban J connectivity index is 2.89. The summed E-state index contributed by atoms with van der Waals surface area (Å²) in [5.74, 6) is -0.901. The van der Waals surface area contributed by atoms with E-state index in [1.54, 1.807) is 19.1 Å². The average molecular weight is 195 g/mol. The normalized spacial score (nSPS) is 10.1. The SMILES string of the molecule is CONCc1ccc(C)c(C(=O)O)c1. The number of hydroxylamine groups is 1. The summed E-state index contributed by atoms with van der Waals surface area (Å²) in [6.07, 6.45) is 0. The topological polar surface area (TPSA) is 58.6 Å². The third kappa shape index (κ3) is 2.55. The quantitative estimate of drug-likeness (QED) is 0.712. The molecule has 0 radical (unpaired) electrons. The first-order valence-corrected chi connectivity index (χ1v) is 4.24. The molecule has 0 spiro atoms. The van der Waals surface area contributed by atoms with Gasteiger partial charge in [0.1, 0.15) is 0 Å². The van der Waals surface area contributed by atoms with Crippen molar-refractivity contribution >= 4 is 5.97 Å². The first-order chi connectivity index (χ1) is 6.65. The third-order valence-electron chi connectivity index (χ3n) is 1.95. The van der Waals surface area contributed by atoms with Gasteiger partial charge in [0.15, 0.2) is 0 Å². The fourth-order valence-corrected chi connectivity index (χ4v) is 1.17. The van der Waals surface area contributed by atoms with Gasteiger partial charge in [-0.15, -0.1) is 0 Å². The van der Waals surface area contributed by atoms with E-state index in [-0.39, 0.29) is 0 Å². The molecule has 14 heavy (non-hydrogen) atoms. The molecule has 1 aromatic rings. The van der Waals surface area contributed by atoms with Crippen molar-refractivity contribution in [2.75, 3.05) is 7.11 Å². The zero-order valence-electron chi connectivity index (χ0n) is 8.20. The number of carboxylic acid groups (broad SMARTS) is 1. The lowest BCUT2D eigenvalue weighted by Gasteiger charge is -2.05. The Hall–Kier alpha value is -1.39. The molecule has 76 valence electrons. The van der Waals surface area contributed by atoms with E-state index in [0.29, 0.717) is 12.1 Å². The van der Waals surface area contributed by atoms with Crippen LogP contribution in [0.5, 0.6) is 0 Å². The molecule has 0 heterocycles.